The van der Waals surface area contributed by atoms with Crippen molar-refractivity contribution in [3.63, 3.8) is 0 Å². The van der Waals surface area contributed by atoms with E-state index in [4.69, 9.17) is 16.2 Å². The van der Waals surface area contributed by atoms with Gasteiger partial charge in [-0.15, -0.1) is 0 Å². The van der Waals surface area contributed by atoms with Crippen molar-refractivity contribution < 1.29 is 9.72 Å². The molecule has 22 heavy (non-hydrogen) atoms. The summed E-state index contributed by atoms with van der Waals surface area (Å²) in [6, 6.07) is 3.98. The van der Waals surface area contributed by atoms with Gasteiger partial charge in [-0.3, -0.25) is 5.73 Å². The summed E-state index contributed by atoms with van der Waals surface area (Å²) in [6.45, 7) is 7.84. The fourth-order valence-corrected chi connectivity index (χ4v) is 2.49. The third kappa shape index (κ3) is 2.55. The number of rotatable bonds is 5. The maximum Gasteiger partial charge on any atom is 0.284 e. The predicted molar refractivity (Wildman–Crippen MR) is 86.6 cm³/mol. The van der Waals surface area contributed by atoms with Crippen LogP contribution in [0.25, 0.3) is 10.8 Å². The Morgan fingerprint density at radius 2 is 2.00 bits per heavy atom. The number of nitrogens with one attached hydrogen (secondary N) is 1. The Bertz CT molecular complexity index is 733. The van der Waals surface area contributed by atoms with Gasteiger partial charge >= 0.3 is 0 Å². The van der Waals surface area contributed by atoms with E-state index in [1.165, 1.54) is 0 Å². The van der Waals surface area contributed by atoms with Crippen molar-refractivity contribution in [2.75, 3.05) is 36.1 Å². The largest absolute Gasteiger partial charge is 0.463 e. The second-order valence-corrected chi connectivity index (χ2v) is 4.75. The van der Waals surface area contributed by atoms with Gasteiger partial charge in [0, 0.05) is 24.5 Å². The van der Waals surface area contributed by atoms with Crippen LogP contribution in [0.5, 0.6) is 5.88 Å². The molecule has 2 rings (SSSR count). The van der Waals surface area contributed by atoms with Gasteiger partial charge in [0.05, 0.1) is 6.61 Å². The highest BCUT2D eigenvalue weighted by molar-refractivity contribution is 6.03. The van der Waals surface area contributed by atoms with Crippen LogP contribution >= 0.6 is 0 Å². The zero-order valence-electron chi connectivity index (χ0n) is 13.1. The number of fused-ring (bicyclic) bond motifs is 1. The molecule has 0 aliphatic rings. The van der Waals surface area contributed by atoms with Gasteiger partial charge in [-0.1, -0.05) is 0 Å². The minimum Gasteiger partial charge on any atom is -0.463 e. The van der Waals surface area contributed by atoms with E-state index in [0.29, 0.717) is 46.3 Å². The number of hydrogen-bond acceptors (Lipinski definition) is 6. The Labute approximate surface area is 129 Å². The van der Waals surface area contributed by atoms with Gasteiger partial charge in [0.1, 0.15) is 28.7 Å². The lowest BCUT2D eigenvalue weighted by molar-refractivity contribution is -0.375. The van der Waals surface area contributed by atoms with E-state index in [1.54, 1.807) is 6.07 Å². The predicted octanol–water partition coefficient (Wildman–Crippen LogP) is 1.33. The summed E-state index contributed by atoms with van der Waals surface area (Å²) in [5.41, 5.74) is 12.5. The Hall–Kier alpha value is -2.75. The van der Waals surface area contributed by atoms with Crippen molar-refractivity contribution in [1.29, 1.82) is 5.26 Å². The third-order valence-electron chi connectivity index (χ3n) is 3.52. The number of pyridine rings is 2. The van der Waals surface area contributed by atoms with E-state index in [1.807, 2.05) is 25.7 Å². The minimum absolute atomic E-state index is 0.299. The van der Waals surface area contributed by atoms with Gasteiger partial charge in [-0.25, -0.2) is 9.97 Å². The number of nitriles is 1. The molecule has 0 unspecified atom stereocenters. The molecule has 2 aromatic heterocycles. The van der Waals surface area contributed by atoms with Crippen molar-refractivity contribution in [3.05, 3.63) is 11.6 Å². The number of hydrogen-bond donors (Lipinski definition) is 2. The highest BCUT2D eigenvalue weighted by Gasteiger charge is 2.21. The fraction of sp³-hybridized carbons (Fsp3) is 0.400. The zero-order chi connectivity index (χ0) is 16.3. The number of aromatic nitrogens is 2. The lowest BCUT2D eigenvalue weighted by atomic mass is 10.1. The molecule has 0 bridgehead atoms. The first-order chi connectivity index (χ1) is 10.6. The van der Waals surface area contributed by atoms with Crippen LogP contribution in [-0.2, 0) is 0 Å². The highest BCUT2D eigenvalue weighted by atomic mass is 16.5. The molecule has 0 spiro atoms. The molecule has 0 saturated carbocycles. The average molecular weight is 301 g/mol. The van der Waals surface area contributed by atoms with Gasteiger partial charge in [-0.05, 0) is 20.8 Å². The van der Waals surface area contributed by atoms with E-state index in [0.717, 1.165) is 13.1 Å². The van der Waals surface area contributed by atoms with Gasteiger partial charge in [0.2, 0.25) is 0 Å². The molecule has 0 aliphatic carbocycles. The van der Waals surface area contributed by atoms with E-state index in [2.05, 4.69) is 16.0 Å². The summed E-state index contributed by atoms with van der Waals surface area (Å²) in [7, 11) is 0. The SMILES string of the molecule is CCOc1cc2c(C#N)c(N(CC)CC)nc(N)c2c(N)[nH+]1. The lowest BCUT2D eigenvalue weighted by Crippen LogP contribution is -2.25. The number of nitrogen functional groups attached to an aromatic ring is 2. The first kappa shape index (κ1) is 15.6. The van der Waals surface area contributed by atoms with E-state index in [9.17, 15) is 5.26 Å². The lowest BCUT2D eigenvalue weighted by Gasteiger charge is -2.22. The van der Waals surface area contributed by atoms with Crippen LogP contribution in [0.3, 0.4) is 0 Å². The highest BCUT2D eigenvalue weighted by Crippen LogP contribution is 2.33. The topological polar surface area (TPSA) is 115 Å². The van der Waals surface area contributed by atoms with E-state index < -0.39 is 0 Å². The van der Waals surface area contributed by atoms with Crippen LogP contribution in [0.1, 0.15) is 26.3 Å². The normalized spacial score (nSPS) is 10.5. The number of H-pyrrole nitrogens is 1. The zero-order valence-corrected chi connectivity index (χ0v) is 13.1. The maximum atomic E-state index is 9.61. The number of anilines is 3. The molecule has 0 amide bonds. The Morgan fingerprint density at radius 1 is 1.32 bits per heavy atom. The number of nitrogens with zero attached hydrogens (tertiary/aromatic N) is 3. The third-order valence-corrected chi connectivity index (χ3v) is 3.52. The fourth-order valence-electron chi connectivity index (χ4n) is 2.49. The monoisotopic (exact) mass is 301 g/mol. The molecule has 7 heteroatoms. The van der Waals surface area contributed by atoms with Crippen LogP contribution < -0.4 is 26.1 Å². The van der Waals surface area contributed by atoms with Crippen LogP contribution in [0.4, 0.5) is 17.5 Å². The first-order valence-corrected chi connectivity index (χ1v) is 7.30. The molecule has 5 N–H and O–H groups in total. The summed E-state index contributed by atoms with van der Waals surface area (Å²) in [6.07, 6.45) is 0. The van der Waals surface area contributed by atoms with Crippen molar-refractivity contribution in [2.45, 2.75) is 20.8 Å². The molecule has 0 aliphatic heterocycles. The Balaban J connectivity index is 2.84. The molecule has 2 heterocycles. The number of ether oxygens (including phenoxy) is 1. The van der Waals surface area contributed by atoms with Gasteiger partial charge in [0.25, 0.3) is 11.7 Å². The van der Waals surface area contributed by atoms with Gasteiger partial charge in [0.15, 0.2) is 0 Å². The second kappa shape index (κ2) is 6.35. The van der Waals surface area contributed by atoms with E-state index in [-0.39, 0.29) is 0 Å². The molecule has 2 aromatic rings. The minimum atomic E-state index is 0.299. The second-order valence-electron chi connectivity index (χ2n) is 4.75. The molecule has 0 saturated heterocycles. The molecule has 0 radical (unpaired) electrons. The van der Waals surface area contributed by atoms with Crippen molar-refractivity contribution >= 4 is 28.2 Å². The quantitative estimate of drug-likeness (QED) is 0.860. The van der Waals surface area contributed by atoms with E-state index >= 15 is 0 Å². The molecule has 7 nitrogen and oxygen atoms in total. The molecular formula is C15H21N6O+. The van der Waals surface area contributed by atoms with Gasteiger partial charge < -0.3 is 15.4 Å². The van der Waals surface area contributed by atoms with Crippen LogP contribution in [0.15, 0.2) is 6.07 Å². The summed E-state index contributed by atoms with van der Waals surface area (Å²) in [5, 5.41) is 10.8. The standard InChI is InChI=1S/C15H20N6O/c1-4-21(5-2)15-10(8-16)9-7-11(22-6-3)19-13(17)12(9)14(18)20-15/h7H,4-6H2,1-3H3,(H2,17,19)(H2,18,20)/p+1. The maximum absolute atomic E-state index is 9.61. The summed E-state index contributed by atoms with van der Waals surface area (Å²) in [4.78, 5) is 9.31. The molecule has 116 valence electrons. The van der Waals surface area contributed by atoms with Crippen LogP contribution in [0, 0.1) is 11.3 Å². The van der Waals surface area contributed by atoms with Crippen molar-refractivity contribution in [3.8, 4) is 11.9 Å². The van der Waals surface area contributed by atoms with Crippen molar-refractivity contribution in [2.24, 2.45) is 0 Å². The summed E-state index contributed by atoms with van der Waals surface area (Å²) < 4.78 is 5.47. The van der Waals surface area contributed by atoms with Crippen LogP contribution in [0.2, 0.25) is 0 Å². The first-order valence-electron chi connectivity index (χ1n) is 7.30. The molecule has 0 atom stereocenters. The molecule has 0 fully saturated rings. The Morgan fingerprint density at radius 3 is 2.55 bits per heavy atom. The van der Waals surface area contributed by atoms with Crippen LogP contribution in [-0.4, -0.2) is 24.7 Å². The molecular weight excluding hydrogens is 280 g/mol. The Kier molecular flexibility index (Phi) is 4.51. The van der Waals surface area contributed by atoms with Gasteiger partial charge in [-0.2, -0.15) is 5.26 Å². The summed E-state index contributed by atoms with van der Waals surface area (Å²) in [5.74, 6) is 1.71. The van der Waals surface area contributed by atoms with Crippen molar-refractivity contribution in [1.82, 2.24) is 4.98 Å². The summed E-state index contributed by atoms with van der Waals surface area (Å²) >= 11 is 0. The average Bonchev–Trinajstić information content (AvgIpc) is 2.48. The molecule has 0 aromatic carbocycles. The number of aromatic amines is 1. The smallest absolute Gasteiger partial charge is 0.284 e. The number of nitrogens with two attached hydrogens (primary N) is 2.